The van der Waals surface area contributed by atoms with Crippen molar-refractivity contribution in [1.29, 1.82) is 0 Å². The third-order valence-electron chi connectivity index (χ3n) is 9.20. The van der Waals surface area contributed by atoms with E-state index in [1.807, 2.05) is 13.0 Å². The van der Waals surface area contributed by atoms with Crippen LogP contribution in [0.1, 0.15) is 46.5 Å². The highest BCUT2D eigenvalue weighted by molar-refractivity contribution is 6.32. The number of halogens is 1. The first-order valence-corrected chi connectivity index (χ1v) is 10.5. The first-order chi connectivity index (χ1) is 12.6. The molecular weight excluding hydrogens is 364 g/mol. The maximum atomic E-state index is 12.3. The van der Waals surface area contributed by atoms with Crippen LogP contribution in [0.4, 0.5) is 0 Å². The lowest BCUT2D eigenvalue weighted by atomic mass is 9.47. The van der Waals surface area contributed by atoms with Gasteiger partial charge >= 0.3 is 0 Å². The monoisotopic (exact) mass is 390 g/mol. The standard InChI is InChI=1S/C22H27ClO4/c1-10(24)22(27)9-18(26)19-12-7-16(23)15-8-17(25)11-6-14(11)21(15,3)13(12)4-5-20(19,22)2/h7-8,11-14,18-19,26-27H,4-6,9H2,1-3H3/t11?,12-,13+,14?,18-,19-,20+,21+,22+/m1/s1. The SMILES string of the molecule is CC(=O)[C@@]1(O)C[C@@H](O)[C@H]2[C@@H]3C=C(Cl)C4=CC(=O)C5CC5[C@]4(C)[C@H]3CC[C@@]21C. The van der Waals surface area contributed by atoms with Gasteiger partial charge < -0.3 is 10.2 Å². The van der Waals surface area contributed by atoms with E-state index in [-0.39, 0.29) is 47.1 Å². The molecule has 146 valence electrons. The van der Waals surface area contributed by atoms with Crippen LogP contribution in [-0.4, -0.2) is 33.5 Å². The summed E-state index contributed by atoms with van der Waals surface area (Å²) in [6, 6.07) is 0. The smallest absolute Gasteiger partial charge is 0.161 e. The van der Waals surface area contributed by atoms with Crippen LogP contribution in [0.2, 0.25) is 0 Å². The van der Waals surface area contributed by atoms with Gasteiger partial charge in [0.05, 0.1) is 6.10 Å². The van der Waals surface area contributed by atoms with Gasteiger partial charge in [-0.25, -0.2) is 0 Å². The van der Waals surface area contributed by atoms with E-state index in [9.17, 15) is 19.8 Å². The molecule has 0 aliphatic heterocycles. The van der Waals surface area contributed by atoms with Gasteiger partial charge in [0.15, 0.2) is 11.6 Å². The molecule has 0 amide bonds. The lowest BCUT2D eigenvalue weighted by Crippen LogP contribution is -2.57. The van der Waals surface area contributed by atoms with E-state index in [0.29, 0.717) is 17.4 Å². The number of ketones is 2. The van der Waals surface area contributed by atoms with Crippen molar-refractivity contribution in [3.05, 3.63) is 22.8 Å². The Labute approximate surface area is 164 Å². The van der Waals surface area contributed by atoms with Gasteiger partial charge in [-0.3, -0.25) is 9.59 Å². The molecule has 0 radical (unpaired) electrons. The Hall–Kier alpha value is -0.970. The summed E-state index contributed by atoms with van der Waals surface area (Å²) >= 11 is 6.70. The number of rotatable bonds is 1. The van der Waals surface area contributed by atoms with Crippen molar-refractivity contribution in [2.45, 2.75) is 58.2 Å². The summed E-state index contributed by atoms with van der Waals surface area (Å²) in [5.41, 5.74) is -1.33. The molecule has 0 saturated heterocycles. The fourth-order valence-corrected chi connectivity index (χ4v) is 8.02. The van der Waals surface area contributed by atoms with Gasteiger partial charge in [0.2, 0.25) is 0 Å². The normalized spacial score (nSPS) is 55.6. The second-order valence-electron chi connectivity index (χ2n) is 10.1. The molecule has 4 nitrogen and oxygen atoms in total. The number of fused-ring (bicyclic) bond motifs is 7. The predicted molar refractivity (Wildman–Crippen MR) is 101 cm³/mol. The van der Waals surface area contributed by atoms with Crippen LogP contribution >= 0.6 is 11.6 Å². The van der Waals surface area contributed by atoms with Crippen molar-refractivity contribution in [2.75, 3.05) is 0 Å². The molecule has 2 unspecified atom stereocenters. The number of aliphatic hydroxyl groups is 2. The number of Topliss-reactive ketones (excluding diaryl/α,β-unsaturated/α-hetero) is 1. The lowest BCUT2D eigenvalue weighted by Gasteiger charge is -2.57. The molecular formula is C22H27ClO4. The molecule has 0 spiro atoms. The molecule has 0 heterocycles. The third-order valence-corrected chi connectivity index (χ3v) is 9.53. The zero-order valence-electron chi connectivity index (χ0n) is 16.0. The Morgan fingerprint density at radius 2 is 2.00 bits per heavy atom. The number of allylic oxidation sites excluding steroid dienone is 4. The van der Waals surface area contributed by atoms with E-state index in [1.165, 1.54) is 6.92 Å². The Morgan fingerprint density at radius 3 is 2.67 bits per heavy atom. The molecule has 0 bridgehead atoms. The second kappa shape index (κ2) is 5.14. The highest BCUT2D eigenvalue weighted by atomic mass is 35.5. The van der Waals surface area contributed by atoms with Gasteiger partial charge in [-0.1, -0.05) is 31.5 Å². The summed E-state index contributed by atoms with van der Waals surface area (Å²) in [6.07, 6.45) is 5.62. The van der Waals surface area contributed by atoms with Crippen LogP contribution in [0, 0.1) is 40.4 Å². The molecule has 27 heavy (non-hydrogen) atoms. The minimum absolute atomic E-state index is 0.0104. The topological polar surface area (TPSA) is 74.6 Å². The summed E-state index contributed by atoms with van der Waals surface area (Å²) in [7, 11) is 0. The van der Waals surface area contributed by atoms with Crippen molar-refractivity contribution >= 4 is 23.2 Å². The van der Waals surface area contributed by atoms with Crippen LogP contribution < -0.4 is 0 Å². The fraction of sp³-hybridized carbons (Fsp3) is 0.727. The van der Waals surface area contributed by atoms with E-state index in [1.54, 1.807) is 6.08 Å². The molecule has 5 aliphatic rings. The zero-order valence-corrected chi connectivity index (χ0v) is 16.8. The zero-order chi connectivity index (χ0) is 19.5. The summed E-state index contributed by atoms with van der Waals surface area (Å²) in [4.78, 5) is 24.6. The molecule has 3 saturated carbocycles. The highest BCUT2D eigenvalue weighted by Crippen LogP contribution is 2.72. The van der Waals surface area contributed by atoms with Gasteiger partial charge in [-0.15, -0.1) is 0 Å². The number of hydrogen-bond donors (Lipinski definition) is 2. The molecule has 2 N–H and O–H groups in total. The fourth-order valence-electron chi connectivity index (χ4n) is 7.62. The van der Waals surface area contributed by atoms with E-state index >= 15 is 0 Å². The van der Waals surface area contributed by atoms with Gasteiger partial charge in [0.1, 0.15) is 5.60 Å². The Kier molecular flexibility index (Phi) is 3.44. The van der Waals surface area contributed by atoms with Crippen molar-refractivity contribution in [3.63, 3.8) is 0 Å². The number of aliphatic hydroxyl groups excluding tert-OH is 1. The van der Waals surface area contributed by atoms with E-state index in [2.05, 4.69) is 6.92 Å². The largest absolute Gasteiger partial charge is 0.393 e. The first-order valence-electron chi connectivity index (χ1n) is 10.1. The minimum atomic E-state index is -1.48. The third kappa shape index (κ3) is 1.93. The van der Waals surface area contributed by atoms with Gasteiger partial charge in [-0.05, 0) is 55.6 Å². The molecule has 5 heteroatoms. The Balaban J connectivity index is 1.64. The Bertz CT molecular complexity index is 830. The second-order valence-corrected chi connectivity index (χ2v) is 10.5. The average Bonchev–Trinajstić information content (AvgIpc) is 3.35. The quantitative estimate of drug-likeness (QED) is 0.721. The van der Waals surface area contributed by atoms with Crippen molar-refractivity contribution in [3.8, 4) is 0 Å². The van der Waals surface area contributed by atoms with Gasteiger partial charge in [-0.2, -0.15) is 0 Å². The average molecular weight is 391 g/mol. The minimum Gasteiger partial charge on any atom is -0.393 e. The van der Waals surface area contributed by atoms with Gasteiger partial charge in [0.25, 0.3) is 0 Å². The van der Waals surface area contributed by atoms with E-state index < -0.39 is 17.1 Å². The Morgan fingerprint density at radius 1 is 1.30 bits per heavy atom. The van der Waals surface area contributed by atoms with Crippen LogP contribution in [0.15, 0.2) is 22.8 Å². The molecule has 3 fully saturated rings. The summed E-state index contributed by atoms with van der Waals surface area (Å²) in [6.45, 7) is 5.63. The molecule has 0 aromatic heterocycles. The molecule has 9 atom stereocenters. The van der Waals surface area contributed by atoms with Crippen molar-refractivity contribution < 1.29 is 19.8 Å². The van der Waals surface area contributed by atoms with Crippen LogP contribution in [0.25, 0.3) is 0 Å². The first kappa shape index (κ1) is 18.1. The summed E-state index contributed by atoms with van der Waals surface area (Å²) in [5, 5.41) is 22.8. The lowest BCUT2D eigenvalue weighted by molar-refractivity contribution is -0.157. The van der Waals surface area contributed by atoms with Crippen LogP contribution in [-0.2, 0) is 9.59 Å². The van der Waals surface area contributed by atoms with Crippen LogP contribution in [0.5, 0.6) is 0 Å². The van der Waals surface area contributed by atoms with Crippen molar-refractivity contribution in [2.24, 2.45) is 40.4 Å². The summed E-state index contributed by atoms with van der Waals surface area (Å²) in [5.74, 6) is 0.477. The molecule has 5 rings (SSSR count). The number of carbonyl (C=O) groups excluding carboxylic acids is 2. The summed E-state index contributed by atoms with van der Waals surface area (Å²) < 4.78 is 0. The van der Waals surface area contributed by atoms with Crippen molar-refractivity contribution in [1.82, 2.24) is 0 Å². The maximum absolute atomic E-state index is 12.3. The van der Waals surface area contributed by atoms with E-state index in [0.717, 1.165) is 18.4 Å². The maximum Gasteiger partial charge on any atom is 0.161 e. The van der Waals surface area contributed by atoms with Gasteiger partial charge in [0, 0.05) is 34.1 Å². The molecule has 5 aliphatic carbocycles. The van der Waals surface area contributed by atoms with E-state index in [4.69, 9.17) is 11.6 Å². The highest BCUT2D eigenvalue weighted by Gasteiger charge is 2.71. The molecule has 0 aromatic carbocycles. The predicted octanol–water partition coefficient (Wildman–Crippen LogP) is 3.01. The number of carbonyl (C=O) groups is 2. The number of hydrogen-bond acceptors (Lipinski definition) is 4. The van der Waals surface area contributed by atoms with Crippen LogP contribution in [0.3, 0.4) is 0 Å². The molecule has 0 aromatic rings.